The molecule has 0 aromatic heterocycles. The van der Waals surface area contributed by atoms with Crippen molar-refractivity contribution in [2.24, 2.45) is 0 Å². The second-order valence-corrected chi connectivity index (χ2v) is 13.6. The van der Waals surface area contributed by atoms with Crippen LogP contribution in [0, 0.1) is 0 Å². The lowest BCUT2D eigenvalue weighted by atomic mass is 10.0. The lowest BCUT2D eigenvalue weighted by molar-refractivity contribution is -0.0267. The number of hydrogen-bond donors (Lipinski definition) is 0. The summed E-state index contributed by atoms with van der Waals surface area (Å²) in [6.07, 6.45) is 22.2. The van der Waals surface area contributed by atoms with Crippen LogP contribution in [0.1, 0.15) is 110 Å². The molecular weight excluding hydrogens is 704 g/mol. The minimum absolute atomic E-state index is 0.520. The highest BCUT2D eigenvalue weighted by molar-refractivity contribution is 5.20. The summed E-state index contributed by atoms with van der Waals surface area (Å²) in [7, 11) is 0. The highest BCUT2D eigenvalue weighted by Gasteiger charge is 1.98. The molecule has 0 heterocycles. The van der Waals surface area contributed by atoms with E-state index in [2.05, 4.69) is 6.92 Å². The SMILES string of the molecule is CCCCCCCCCCCCCCCCCCOCCOCCOCCOCCOCCOCCOCCOCCOCCOCCOc1ccccc1. The van der Waals surface area contributed by atoms with Gasteiger partial charge in [-0.1, -0.05) is 121 Å². The van der Waals surface area contributed by atoms with E-state index in [-0.39, 0.29) is 0 Å². The van der Waals surface area contributed by atoms with E-state index < -0.39 is 0 Å². The first kappa shape index (κ1) is 51.6. The molecular formula is C44H82O11. The standard InChI is InChI=1S/C44H82O11/c1-2-3-4-5-6-7-8-9-10-11-12-13-14-15-16-20-23-45-24-25-46-26-27-47-28-29-48-30-31-49-32-33-50-34-35-51-36-37-52-38-39-53-40-41-54-42-43-55-44-21-18-17-19-22-44/h17-19,21-22H,2-16,20,23-43H2,1H3. The first-order valence-corrected chi connectivity index (χ1v) is 21.9. The Morgan fingerprint density at radius 3 is 0.782 bits per heavy atom. The van der Waals surface area contributed by atoms with Crippen LogP contribution in [0.3, 0.4) is 0 Å². The number of rotatable bonds is 48. The molecule has 0 aliphatic rings. The van der Waals surface area contributed by atoms with Gasteiger partial charge in [0.2, 0.25) is 0 Å². The van der Waals surface area contributed by atoms with Crippen LogP contribution in [0.15, 0.2) is 30.3 Å². The maximum absolute atomic E-state index is 5.70. The molecule has 0 unspecified atom stereocenters. The summed E-state index contributed by atoms with van der Waals surface area (Å²) in [6, 6.07) is 9.70. The third-order valence-electron chi connectivity index (χ3n) is 8.73. The van der Waals surface area contributed by atoms with E-state index in [1.165, 1.54) is 96.3 Å². The molecule has 0 saturated heterocycles. The second-order valence-electron chi connectivity index (χ2n) is 13.6. The van der Waals surface area contributed by atoms with Gasteiger partial charge in [0.15, 0.2) is 0 Å². The Bertz CT molecular complexity index is 820. The second kappa shape index (κ2) is 47.0. The molecule has 0 aliphatic carbocycles. The summed E-state index contributed by atoms with van der Waals surface area (Å²) >= 11 is 0. The zero-order valence-corrected chi connectivity index (χ0v) is 35.0. The summed E-state index contributed by atoms with van der Waals surface area (Å²) < 4.78 is 61.0. The van der Waals surface area contributed by atoms with Crippen LogP contribution >= 0.6 is 0 Å². The van der Waals surface area contributed by atoms with Gasteiger partial charge in [0.05, 0.1) is 126 Å². The predicted molar refractivity (Wildman–Crippen MR) is 220 cm³/mol. The molecule has 1 aromatic rings. The third kappa shape index (κ3) is 43.6. The van der Waals surface area contributed by atoms with E-state index in [1.807, 2.05) is 30.3 Å². The lowest BCUT2D eigenvalue weighted by Crippen LogP contribution is -2.15. The molecule has 1 aromatic carbocycles. The molecule has 0 bridgehead atoms. The van der Waals surface area contributed by atoms with Crippen molar-refractivity contribution in [3.8, 4) is 5.75 Å². The summed E-state index contributed by atoms with van der Waals surface area (Å²) in [5.74, 6) is 0.848. The molecule has 0 radical (unpaired) electrons. The van der Waals surface area contributed by atoms with E-state index in [4.69, 9.17) is 52.1 Å². The first-order chi connectivity index (χ1) is 27.4. The largest absolute Gasteiger partial charge is 0.491 e. The van der Waals surface area contributed by atoms with Crippen LogP contribution in [0.2, 0.25) is 0 Å². The van der Waals surface area contributed by atoms with Crippen LogP contribution in [-0.2, 0) is 47.4 Å². The average molecular weight is 787 g/mol. The number of unbranched alkanes of at least 4 members (excludes halogenated alkanes) is 15. The maximum Gasteiger partial charge on any atom is 0.119 e. The van der Waals surface area contributed by atoms with E-state index in [0.29, 0.717) is 132 Å². The van der Waals surface area contributed by atoms with Crippen LogP contribution in [0.25, 0.3) is 0 Å². The van der Waals surface area contributed by atoms with Crippen molar-refractivity contribution in [3.63, 3.8) is 0 Å². The molecule has 0 aliphatic heterocycles. The molecule has 0 fully saturated rings. The summed E-state index contributed by atoms with van der Waals surface area (Å²) in [5.41, 5.74) is 0. The Morgan fingerprint density at radius 1 is 0.255 bits per heavy atom. The van der Waals surface area contributed by atoms with Gasteiger partial charge in [0.25, 0.3) is 0 Å². The van der Waals surface area contributed by atoms with Gasteiger partial charge in [0.1, 0.15) is 12.4 Å². The molecule has 0 spiro atoms. The molecule has 0 atom stereocenters. The summed E-state index contributed by atoms with van der Waals surface area (Å²) in [6.45, 7) is 14.0. The third-order valence-corrected chi connectivity index (χ3v) is 8.73. The summed E-state index contributed by atoms with van der Waals surface area (Å²) in [4.78, 5) is 0. The normalized spacial score (nSPS) is 11.5. The van der Waals surface area contributed by atoms with Crippen molar-refractivity contribution in [1.29, 1.82) is 0 Å². The van der Waals surface area contributed by atoms with Gasteiger partial charge >= 0.3 is 0 Å². The molecule has 55 heavy (non-hydrogen) atoms. The molecule has 11 nitrogen and oxygen atoms in total. The van der Waals surface area contributed by atoms with E-state index in [1.54, 1.807) is 0 Å². The topological polar surface area (TPSA) is 102 Å². The van der Waals surface area contributed by atoms with Crippen LogP contribution in [0.4, 0.5) is 0 Å². The van der Waals surface area contributed by atoms with Gasteiger partial charge in [0, 0.05) is 6.61 Å². The highest BCUT2D eigenvalue weighted by Crippen LogP contribution is 2.14. The molecule has 11 heteroatoms. The van der Waals surface area contributed by atoms with Gasteiger partial charge < -0.3 is 52.1 Å². The van der Waals surface area contributed by atoms with Crippen LogP contribution in [0.5, 0.6) is 5.75 Å². The lowest BCUT2D eigenvalue weighted by Gasteiger charge is -2.09. The maximum atomic E-state index is 5.70. The van der Waals surface area contributed by atoms with Crippen LogP contribution in [-0.4, -0.2) is 139 Å². The zero-order chi connectivity index (χ0) is 39.1. The van der Waals surface area contributed by atoms with Gasteiger partial charge in [-0.3, -0.25) is 0 Å². The van der Waals surface area contributed by atoms with Crippen molar-refractivity contribution in [1.82, 2.24) is 0 Å². The number of hydrogen-bond acceptors (Lipinski definition) is 11. The number of ether oxygens (including phenoxy) is 11. The molecule has 0 saturated carbocycles. The van der Waals surface area contributed by atoms with Crippen LogP contribution < -0.4 is 4.74 Å². The Kier molecular flexibility index (Phi) is 44.1. The Morgan fingerprint density at radius 2 is 0.491 bits per heavy atom. The van der Waals surface area contributed by atoms with Crippen molar-refractivity contribution in [2.75, 3.05) is 139 Å². The Hall–Kier alpha value is -1.38. The highest BCUT2D eigenvalue weighted by atomic mass is 16.6. The molecule has 324 valence electrons. The van der Waals surface area contributed by atoms with E-state index in [0.717, 1.165) is 18.8 Å². The van der Waals surface area contributed by atoms with E-state index in [9.17, 15) is 0 Å². The zero-order valence-electron chi connectivity index (χ0n) is 35.0. The van der Waals surface area contributed by atoms with E-state index >= 15 is 0 Å². The molecule has 1 rings (SSSR count). The number of para-hydroxylation sites is 1. The smallest absolute Gasteiger partial charge is 0.119 e. The Labute approximate surface area is 336 Å². The quantitative estimate of drug-likeness (QED) is 0.0595. The minimum Gasteiger partial charge on any atom is -0.491 e. The Balaban J connectivity index is 1.59. The van der Waals surface area contributed by atoms with Crippen molar-refractivity contribution in [2.45, 2.75) is 110 Å². The van der Waals surface area contributed by atoms with Gasteiger partial charge in [-0.25, -0.2) is 0 Å². The van der Waals surface area contributed by atoms with Crippen molar-refractivity contribution in [3.05, 3.63) is 30.3 Å². The summed E-state index contributed by atoms with van der Waals surface area (Å²) in [5, 5.41) is 0. The van der Waals surface area contributed by atoms with Crippen molar-refractivity contribution >= 4 is 0 Å². The molecule has 0 amide bonds. The van der Waals surface area contributed by atoms with Gasteiger partial charge in [-0.2, -0.15) is 0 Å². The van der Waals surface area contributed by atoms with Gasteiger partial charge in [-0.05, 0) is 18.6 Å². The van der Waals surface area contributed by atoms with Gasteiger partial charge in [-0.15, -0.1) is 0 Å². The molecule has 0 N–H and O–H groups in total. The number of benzene rings is 1. The fraction of sp³-hybridized carbons (Fsp3) is 0.864. The first-order valence-electron chi connectivity index (χ1n) is 21.9. The average Bonchev–Trinajstić information content (AvgIpc) is 3.21. The fourth-order valence-corrected chi connectivity index (χ4v) is 5.57. The fourth-order valence-electron chi connectivity index (χ4n) is 5.57. The van der Waals surface area contributed by atoms with Crippen molar-refractivity contribution < 1.29 is 52.1 Å². The minimum atomic E-state index is 0.520. The monoisotopic (exact) mass is 787 g/mol. The predicted octanol–water partition coefficient (Wildman–Crippen LogP) is 8.49.